The first-order chi connectivity index (χ1) is 33.3. The Kier molecular flexibility index (Phi) is 9.80. The molecule has 1 aliphatic rings. The molecule has 69 heavy (non-hydrogen) atoms. The molecule has 0 amide bonds. The number of fused-ring (bicyclic) bond motifs is 14. The minimum Gasteiger partial charge on any atom is -0.316 e. The highest BCUT2D eigenvalue weighted by molar-refractivity contribution is 7.27. The zero-order valence-electron chi connectivity index (χ0n) is 36.9. The van der Waals surface area contributed by atoms with E-state index in [9.17, 15) is 5.26 Å². The number of allylic oxidation sites excluding steroid dienone is 3. The van der Waals surface area contributed by atoms with Crippen molar-refractivity contribution in [3.05, 3.63) is 180 Å². The molecule has 0 bridgehead atoms. The second-order valence-corrected chi connectivity index (χ2v) is 19.9. The third-order valence-corrected chi connectivity index (χ3v) is 16.1. The Morgan fingerprint density at radius 1 is 0.638 bits per heavy atom. The van der Waals surface area contributed by atoms with Crippen molar-refractivity contribution in [3.8, 4) is 6.07 Å². The maximum Gasteiger partial charge on any atom is 0.418 e. The SMILES string of the molecule is C/C=C\C(C)CNC1(n2c3ccccc3c3ccc4c5ccccc5sc4c32)CC(C(F)(F)F)=C(n2c3ccccc3c3ccc4c5ccccc5sc4c32)C(C(F)(F)F)=C1c1ccc(C#N)cc1. The summed E-state index contributed by atoms with van der Waals surface area (Å²) in [6.45, 7) is 3.72. The normalized spacial score (nSPS) is 16.9. The number of alkyl halides is 6. The number of halogens is 6. The van der Waals surface area contributed by atoms with Crippen LogP contribution < -0.4 is 5.32 Å². The lowest BCUT2D eigenvalue weighted by Gasteiger charge is -2.46. The number of para-hydroxylation sites is 2. The Morgan fingerprint density at radius 2 is 1.16 bits per heavy atom. The van der Waals surface area contributed by atoms with Gasteiger partial charge in [0, 0.05) is 71.0 Å². The van der Waals surface area contributed by atoms with Gasteiger partial charge >= 0.3 is 12.4 Å². The number of rotatable bonds is 7. The lowest BCUT2D eigenvalue weighted by atomic mass is 9.75. The Morgan fingerprint density at radius 3 is 1.74 bits per heavy atom. The molecule has 11 aromatic rings. The summed E-state index contributed by atoms with van der Waals surface area (Å²) >= 11 is 2.81. The standard InChI is InChI=1S/C57H38F6N4S2/c1-3-12-32(2)31-65-55(67-45-18-9-5-14-36(45)40-26-28-42-38-16-7-11-20-47(38)69-54(42)51(40)67)29-43(56(58,59)60)52(49(57(61,62)63)48(55)34-23-21-33(30-64)22-24-34)66-44-17-8-4-13-35(44)39-25-27-41-37-15-6-10-19-46(37)68-53(41)50(39)66/h3-28,32,65H,29,31H2,1-2H3/b12-3-. The molecule has 0 radical (unpaired) electrons. The van der Waals surface area contributed by atoms with Gasteiger partial charge in [-0.1, -0.05) is 128 Å². The van der Waals surface area contributed by atoms with E-state index in [4.69, 9.17) is 0 Å². The van der Waals surface area contributed by atoms with Crippen LogP contribution in [0.3, 0.4) is 0 Å². The van der Waals surface area contributed by atoms with E-state index in [1.165, 1.54) is 51.5 Å². The molecule has 2 unspecified atom stereocenters. The van der Waals surface area contributed by atoms with Gasteiger partial charge in [0.1, 0.15) is 5.66 Å². The Labute approximate surface area is 398 Å². The summed E-state index contributed by atoms with van der Waals surface area (Å²) in [7, 11) is 0. The van der Waals surface area contributed by atoms with Crippen LogP contribution >= 0.6 is 22.7 Å². The highest BCUT2D eigenvalue weighted by Gasteiger charge is 2.57. The molecule has 12 rings (SSSR count). The molecule has 4 heterocycles. The van der Waals surface area contributed by atoms with Gasteiger partial charge in [0.25, 0.3) is 0 Å². The van der Waals surface area contributed by atoms with Crippen molar-refractivity contribution in [2.75, 3.05) is 6.54 Å². The maximum atomic E-state index is 17.5. The molecule has 0 aliphatic heterocycles. The lowest BCUT2D eigenvalue weighted by molar-refractivity contribution is -0.100. The minimum absolute atomic E-state index is 0.00388. The van der Waals surface area contributed by atoms with Crippen LogP contribution in [0.15, 0.2) is 169 Å². The fraction of sp³-hybridized carbons (Fsp3) is 0.140. The number of thiophene rings is 2. The molecule has 0 saturated heterocycles. The van der Waals surface area contributed by atoms with Gasteiger partial charge in [-0.25, -0.2) is 0 Å². The van der Waals surface area contributed by atoms with Crippen molar-refractivity contribution >= 4 is 118 Å². The summed E-state index contributed by atoms with van der Waals surface area (Å²) in [5.41, 5.74) is -4.71. The van der Waals surface area contributed by atoms with Gasteiger partial charge in [0.2, 0.25) is 0 Å². The summed E-state index contributed by atoms with van der Waals surface area (Å²) < 4.78 is 110. The summed E-state index contributed by atoms with van der Waals surface area (Å²) in [4.78, 5) is 0. The van der Waals surface area contributed by atoms with E-state index < -0.39 is 41.3 Å². The highest BCUT2D eigenvalue weighted by atomic mass is 32.1. The molecular weight excluding hydrogens is 919 g/mol. The van der Waals surface area contributed by atoms with E-state index in [0.717, 1.165) is 35.6 Å². The zero-order valence-corrected chi connectivity index (χ0v) is 38.6. The van der Waals surface area contributed by atoms with Gasteiger partial charge in [0.15, 0.2) is 0 Å². The Hall–Kier alpha value is -7.17. The van der Waals surface area contributed by atoms with E-state index in [1.54, 1.807) is 41.0 Å². The van der Waals surface area contributed by atoms with E-state index in [0.29, 0.717) is 37.3 Å². The minimum atomic E-state index is -5.39. The van der Waals surface area contributed by atoms with Crippen molar-refractivity contribution in [1.29, 1.82) is 5.26 Å². The molecule has 12 heteroatoms. The number of nitrogens with zero attached hydrogens (tertiary/aromatic N) is 3. The molecule has 340 valence electrons. The molecule has 7 aromatic carbocycles. The van der Waals surface area contributed by atoms with Gasteiger partial charge in [-0.05, 0) is 54.8 Å². The molecule has 0 spiro atoms. The van der Waals surface area contributed by atoms with Crippen LogP contribution in [0.25, 0.3) is 95.2 Å². The zero-order chi connectivity index (χ0) is 47.6. The first-order valence-electron chi connectivity index (χ1n) is 22.5. The third kappa shape index (κ3) is 6.44. The van der Waals surface area contributed by atoms with Gasteiger partial charge in [-0.2, -0.15) is 31.6 Å². The maximum absolute atomic E-state index is 17.5. The molecule has 0 saturated carbocycles. The average Bonchev–Trinajstić information content (AvgIpc) is 4.10. The summed E-state index contributed by atoms with van der Waals surface area (Å²) in [5.74, 6) is -0.320. The number of nitrogens with one attached hydrogen (secondary N) is 1. The molecule has 4 nitrogen and oxygen atoms in total. The Bertz CT molecular complexity index is 4080. The van der Waals surface area contributed by atoms with Gasteiger partial charge in [-0.15, -0.1) is 22.7 Å². The molecule has 1 aliphatic carbocycles. The first-order valence-corrected chi connectivity index (χ1v) is 24.1. The Balaban J connectivity index is 1.33. The van der Waals surface area contributed by atoms with E-state index in [-0.39, 0.29) is 40.2 Å². The summed E-state index contributed by atoms with van der Waals surface area (Å²) in [6, 6.07) is 44.9. The van der Waals surface area contributed by atoms with Crippen LogP contribution in [0.5, 0.6) is 0 Å². The molecule has 0 fully saturated rings. The topological polar surface area (TPSA) is 45.7 Å². The number of hydrogen-bond donors (Lipinski definition) is 1. The van der Waals surface area contributed by atoms with Crippen LogP contribution in [0.2, 0.25) is 0 Å². The average molecular weight is 957 g/mol. The van der Waals surface area contributed by atoms with Crippen molar-refractivity contribution < 1.29 is 26.3 Å². The highest BCUT2D eigenvalue weighted by Crippen LogP contribution is 2.59. The molecule has 1 N–H and O–H groups in total. The van der Waals surface area contributed by atoms with Crippen LogP contribution in [0, 0.1) is 17.2 Å². The van der Waals surface area contributed by atoms with E-state index in [1.807, 2.05) is 111 Å². The second kappa shape index (κ2) is 15.7. The summed E-state index contributed by atoms with van der Waals surface area (Å²) in [6.07, 6.45) is -7.91. The number of benzene rings is 7. The third-order valence-electron chi connectivity index (χ3n) is 13.7. The molecule has 4 aromatic heterocycles. The number of hydrogen-bond acceptors (Lipinski definition) is 4. The van der Waals surface area contributed by atoms with Gasteiger partial charge in [0.05, 0.1) is 59.9 Å². The quantitative estimate of drug-likeness (QED) is 0.128. The predicted octanol–water partition coefficient (Wildman–Crippen LogP) is 16.9. The van der Waals surface area contributed by atoms with Crippen LogP contribution in [0.4, 0.5) is 26.3 Å². The largest absolute Gasteiger partial charge is 0.418 e. The van der Waals surface area contributed by atoms with Crippen molar-refractivity contribution in [2.45, 2.75) is 38.3 Å². The van der Waals surface area contributed by atoms with Gasteiger partial charge < -0.3 is 9.13 Å². The second-order valence-electron chi connectivity index (χ2n) is 17.8. The molecular formula is C57H38F6N4S2. The predicted molar refractivity (Wildman–Crippen MR) is 273 cm³/mol. The monoisotopic (exact) mass is 956 g/mol. The fourth-order valence-electron chi connectivity index (χ4n) is 11.0. The van der Waals surface area contributed by atoms with Gasteiger partial charge in [-0.3, -0.25) is 5.32 Å². The van der Waals surface area contributed by atoms with Crippen molar-refractivity contribution in [3.63, 3.8) is 0 Å². The van der Waals surface area contributed by atoms with Crippen molar-refractivity contribution in [2.24, 2.45) is 5.92 Å². The number of nitriles is 1. The van der Waals surface area contributed by atoms with Crippen molar-refractivity contribution in [1.82, 2.24) is 14.5 Å². The molecule has 2 atom stereocenters. The number of aromatic nitrogens is 2. The van der Waals surface area contributed by atoms with Crippen LogP contribution in [0.1, 0.15) is 31.4 Å². The van der Waals surface area contributed by atoms with Crippen LogP contribution in [-0.4, -0.2) is 28.0 Å². The smallest absolute Gasteiger partial charge is 0.316 e. The van der Waals surface area contributed by atoms with Crippen LogP contribution in [-0.2, 0) is 5.66 Å². The summed E-state index contributed by atoms with van der Waals surface area (Å²) in [5, 5.41) is 19.3. The lowest BCUT2D eigenvalue weighted by Crippen LogP contribution is -2.54. The first kappa shape index (κ1) is 43.1. The fourth-order valence-corrected chi connectivity index (χ4v) is 13.5. The van der Waals surface area contributed by atoms with E-state index in [2.05, 4.69) is 11.4 Å². The van der Waals surface area contributed by atoms with E-state index >= 15 is 26.3 Å².